The summed E-state index contributed by atoms with van der Waals surface area (Å²) in [5, 5.41) is 11.5. The maximum atomic E-state index is 10.8. The van der Waals surface area contributed by atoms with Crippen LogP contribution in [0.2, 0.25) is 5.02 Å². The monoisotopic (exact) mass is 308 g/mol. The van der Waals surface area contributed by atoms with Crippen LogP contribution < -0.4 is 0 Å². The predicted octanol–water partition coefficient (Wildman–Crippen LogP) is 4.81. The molecule has 1 N–H and O–H groups in total. The Morgan fingerprint density at radius 2 is 2.05 bits per heavy atom. The number of aliphatic hydroxyl groups excluding tert-OH is 1. The molecule has 3 heteroatoms. The fourth-order valence-corrected chi connectivity index (χ4v) is 4.27. The summed E-state index contributed by atoms with van der Waals surface area (Å²) in [5.74, 6) is 0.260. The van der Waals surface area contributed by atoms with Gasteiger partial charge in [0.2, 0.25) is 0 Å². The maximum absolute atomic E-state index is 10.8. The minimum Gasteiger partial charge on any atom is -0.388 e. The van der Waals surface area contributed by atoms with Gasteiger partial charge >= 0.3 is 0 Å². The van der Waals surface area contributed by atoms with E-state index in [1.54, 1.807) is 0 Å². The summed E-state index contributed by atoms with van der Waals surface area (Å²) in [6, 6.07) is 5.93. The minimum atomic E-state index is -0.472. The highest BCUT2D eigenvalue weighted by Gasteiger charge is 2.41. The van der Waals surface area contributed by atoms with E-state index in [9.17, 15) is 5.11 Å². The molecule has 2 unspecified atom stereocenters. The van der Waals surface area contributed by atoms with Gasteiger partial charge < -0.3 is 9.84 Å². The molecule has 0 amide bonds. The standard InChI is InChI=1S/C18H25ClO2/c1-13-6-5-7-15(16(13)19)17(20)14-8-11-21-18(12-14)9-3-2-4-10-18/h5-7,14,17,20H,2-4,8-12H2,1H3. The Hall–Kier alpha value is -0.570. The number of ether oxygens (including phenoxy) is 1. The van der Waals surface area contributed by atoms with Crippen molar-refractivity contribution in [1.29, 1.82) is 0 Å². The van der Waals surface area contributed by atoms with Crippen molar-refractivity contribution in [1.82, 2.24) is 0 Å². The second kappa shape index (κ2) is 6.28. The molecule has 2 aliphatic rings. The predicted molar refractivity (Wildman–Crippen MR) is 85.6 cm³/mol. The van der Waals surface area contributed by atoms with Crippen molar-refractivity contribution < 1.29 is 9.84 Å². The van der Waals surface area contributed by atoms with Crippen LogP contribution >= 0.6 is 11.6 Å². The molecule has 1 aliphatic carbocycles. The lowest BCUT2D eigenvalue weighted by atomic mass is 9.73. The van der Waals surface area contributed by atoms with Gasteiger partial charge in [-0.15, -0.1) is 0 Å². The van der Waals surface area contributed by atoms with Crippen molar-refractivity contribution in [2.24, 2.45) is 5.92 Å². The van der Waals surface area contributed by atoms with Crippen LogP contribution in [-0.2, 0) is 4.74 Å². The second-order valence-electron chi connectivity index (χ2n) is 6.77. The molecule has 2 atom stereocenters. The summed E-state index contributed by atoms with van der Waals surface area (Å²) in [6.07, 6.45) is 7.56. The largest absolute Gasteiger partial charge is 0.388 e. The van der Waals surface area contributed by atoms with Gasteiger partial charge in [-0.1, -0.05) is 49.1 Å². The van der Waals surface area contributed by atoms with Crippen molar-refractivity contribution in [3.05, 3.63) is 34.3 Å². The molecule has 21 heavy (non-hydrogen) atoms. The molecule has 1 aromatic rings. The lowest BCUT2D eigenvalue weighted by Crippen LogP contribution is -2.42. The molecular formula is C18H25ClO2. The van der Waals surface area contributed by atoms with Crippen molar-refractivity contribution in [3.8, 4) is 0 Å². The van der Waals surface area contributed by atoms with E-state index in [1.807, 2.05) is 25.1 Å². The summed E-state index contributed by atoms with van der Waals surface area (Å²) >= 11 is 6.39. The van der Waals surface area contributed by atoms with Crippen molar-refractivity contribution in [2.75, 3.05) is 6.61 Å². The SMILES string of the molecule is Cc1cccc(C(O)C2CCOC3(CCCCC3)C2)c1Cl. The van der Waals surface area contributed by atoms with Gasteiger partial charge in [0.25, 0.3) is 0 Å². The number of hydrogen-bond donors (Lipinski definition) is 1. The Bertz CT molecular complexity index is 488. The highest BCUT2D eigenvalue weighted by atomic mass is 35.5. The first-order valence-electron chi connectivity index (χ1n) is 8.18. The van der Waals surface area contributed by atoms with E-state index >= 15 is 0 Å². The first-order valence-corrected chi connectivity index (χ1v) is 8.56. The fourth-order valence-electron chi connectivity index (χ4n) is 4.03. The molecule has 1 saturated heterocycles. The summed E-state index contributed by atoms with van der Waals surface area (Å²) < 4.78 is 6.13. The number of aliphatic hydroxyl groups is 1. The van der Waals surface area contributed by atoms with Gasteiger partial charge in [-0.2, -0.15) is 0 Å². The van der Waals surface area contributed by atoms with Gasteiger partial charge in [0.15, 0.2) is 0 Å². The third-order valence-corrected chi connectivity index (χ3v) is 5.80. The highest BCUT2D eigenvalue weighted by Crippen LogP contribution is 2.45. The molecule has 2 fully saturated rings. The van der Waals surface area contributed by atoms with E-state index in [0.717, 1.165) is 43.4 Å². The lowest BCUT2D eigenvalue weighted by molar-refractivity contribution is -0.134. The van der Waals surface area contributed by atoms with Gasteiger partial charge in [-0.25, -0.2) is 0 Å². The molecular weight excluding hydrogens is 284 g/mol. The van der Waals surface area contributed by atoms with E-state index in [-0.39, 0.29) is 11.5 Å². The van der Waals surface area contributed by atoms with Gasteiger partial charge in [0, 0.05) is 11.6 Å². The topological polar surface area (TPSA) is 29.5 Å². The molecule has 1 heterocycles. The minimum absolute atomic E-state index is 0.0262. The summed E-state index contributed by atoms with van der Waals surface area (Å²) in [7, 11) is 0. The first-order chi connectivity index (χ1) is 10.1. The van der Waals surface area contributed by atoms with Crippen LogP contribution in [0.15, 0.2) is 18.2 Å². The zero-order chi connectivity index (χ0) is 14.9. The average Bonchev–Trinajstić information content (AvgIpc) is 2.50. The van der Waals surface area contributed by atoms with Gasteiger partial charge in [0.05, 0.1) is 11.7 Å². The fraction of sp³-hybridized carbons (Fsp3) is 0.667. The van der Waals surface area contributed by atoms with Gasteiger partial charge in [-0.05, 0) is 49.7 Å². The molecule has 0 bridgehead atoms. The third kappa shape index (κ3) is 3.13. The summed E-state index contributed by atoms with van der Waals surface area (Å²) in [6.45, 7) is 2.76. The van der Waals surface area contributed by atoms with Crippen LogP contribution in [0.5, 0.6) is 0 Å². The Kier molecular flexibility index (Phi) is 4.58. The number of benzene rings is 1. The Labute approximate surface area is 132 Å². The molecule has 116 valence electrons. The Morgan fingerprint density at radius 3 is 2.81 bits per heavy atom. The smallest absolute Gasteiger partial charge is 0.0834 e. The molecule has 1 saturated carbocycles. The van der Waals surface area contributed by atoms with E-state index in [0.29, 0.717) is 5.02 Å². The molecule has 0 aromatic heterocycles. The molecule has 1 aromatic carbocycles. The lowest BCUT2D eigenvalue weighted by Gasteiger charge is -2.44. The Balaban J connectivity index is 1.78. The summed E-state index contributed by atoms with van der Waals surface area (Å²) in [4.78, 5) is 0. The van der Waals surface area contributed by atoms with Gasteiger partial charge in [-0.3, -0.25) is 0 Å². The zero-order valence-corrected chi connectivity index (χ0v) is 13.5. The Morgan fingerprint density at radius 1 is 1.29 bits per heavy atom. The molecule has 2 nitrogen and oxygen atoms in total. The quantitative estimate of drug-likeness (QED) is 0.849. The zero-order valence-electron chi connectivity index (χ0n) is 12.8. The summed E-state index contributed by atoms with van der Waals surface area (Å²) in [5.41, 5.74) is 1.94. The van der Waals surface area contributed by atoms with E-state index in [2.05, 4.69) is 0 Å². The third-order valence-electron chi connectivity index (χ3n) is 5.28. The average molecular weight is 309 g/mol. The molecule has 1 aliphatic heterocycles. The number of halogens is 1. The molecule has 1 spiro atoms. The second-order valence-corrected chi connectivity index (χ2v) is 7.15. The molecule has 3 rings (SSSR count). The van der Waals surface area contributed by atoms with Crippen molar-refractivity contribution in [3.63, 3.8) is 0 Å². The van der Waals surface area contributed by atoms with E-state index < -0.39 is 6.10 Å². The number of rotatable bonds is 2. The van der Waals surface area contributed by atoms with Crippen LogP contribution in [0.25, 0.3) is 0 Å². The van der Waals surface area contributed by atoms with Crippen LogP contribution in [0, 0.1) is 12.8 Å². The van der Waals surface area contributed by atoms with Crippen LogP contribution in [0.3, 0.4) is 0 Å². The molecule has 0 radical (unpaired) electrons. The van der Waals surface area contributed by atoms with E-state index in [1.165, 1.54) is 19.3 Å². The first kappa shape index (κ1) is 15.3. The van der Waals surface area contributed by atoms with Gasteiger partial charge in [0.1, 0.15) is 0 Å². The normalized spacial score (nSPS) is 26.7. The number of aryl methyl sites for hydroxylation is 1. The van der Waals surface area contributed by atoms with Crippen molar-refractivity contribution >= 4 is 11.6 Å². The van der Waals surface area contributed by atoms with Crippen molar-refractivity contribution in [2.45, 2.75) is 63.6 Å². The van der Waals surface area contributed by atoms with E-state index in [4.69, 9.17) is 16.3 Å². The highest BCUT2D eigenvalue weighted by molar-refractivity contribution is 6.32. The van der Waals surface area contributed by atoms with Crippen LogP contribution in [0.1, 0.15) is 62.2 Å². The number of hydrogen-bond acceptors (Lipinski definition) is 2. The maximum Gasteiger partial charge on any atom is 0.0834 e. The van der Waals surface area contributed by atoms with Crippen LogP contribution in [0.4, 0.5) is 0 Å². The van der Waals surface area contributed by atoms with Crippen LogP contribution in [-0.4, -0.2) is 17.3 Å².